The molecule has 5 rings (SSSR count). The third-order valence-corrected chi connectivity index (χ3v) is 5.43. The smallest absolute Gasteiger partial charge is 0.295 e. The number of benzene rings is 1. The first-order valence-corrected chi connectivity index (χ1v) is 9.88. The largest absolute Gasteiger partial charge is 0.382 e. The number of aromatic amines is 1. The standard InChI is InChI=1S/C20H18FN9O2/c21-14-11-24-18(22)16-15(14)13(10-23-16)17(31)19(32)28-6-8-29(9-7-28)20-25-26-27-30(20)12-4-2-1-3-5-12/h1-5,10-11,23H,6-9H2,(H2,22,24). The van der Waals surface area contributed by atoms with Crippen molar-refractivity contribution in [2.24, 2.45) is 0 Å². The van der Waals surface area contributed by atoms with Crippen LogP contribution in [0.4, 0.5) is 16.2 Å². The van der Waals surface area contributed by atoms with Crippen LogP contribution in [0.5, 0.6) is 0 Å². The summed E-state index contributed by atoms with van der Waals surface area (Å²) in [5.41, 5.74) is 6.68. The summed E-state index contributed by atoms with van der Waals surface area (Å²) in [4.78, 5) is 35.5. The number of hydrogen-bond donors (Lipinski definition) is 2. The van der Waals surface area contributed by atoms with E-state index < -0.39 is 17.5 Å². The molecule has 32 heavy (non-hydrogen) atoms. The molecule has 1 fully saturated rings. The van der Waals surface area contributed by atoms with Gasteiger partial charge in [-0.05, 0) is 22.6 Å². The number of carbonyl (C=O) groups is 2. The van der Waals surface area contributed by atoms with Crippen molar-refractivity contribution in [3.63, 3.8) is 0 Å². The number of carbonyl (C=O) groups excluding carboxylic acids is 2. The second kappa shape index (κ2) is 7.72. The molecule has 3 N–H and O–H groups in total. The lowest BCUT2D eigenvalue weighted by Gasteiger charge is -2.34. The number of piperazine rings is 1. The first-order valence-electron chi connectivity index (χ1n) is 9.88. The molecule has 4 heterocycles. The summed E-state index contributed by atoms with van der Waals surface area (Å²) < 4.78 is 15.9. The second-order valence-electron chi connectivity index (χ2n) is 7.28. The highest BCUT2D eigenvalue weighted by Gasteiger charge is 2.31. The number of fused-ring (bicyclic) bond motifs is 1. The van der Waals surface area contributed by atoms with Crippen molar-refractivity contribution < 1.29 is 14.0 Å². The summed E-state index contributed by atoms with van der Waals surface area (Å²) in [7, 11) is 0. The number of rotatable bonds is 4. The van der Waals surface area contributed by atoms with E-state index in [4.69, 9.17) is 5.73 Å². The maximum absolute atomic E-state index is 14.3. The van der Waals surface area contributed by atoms with Crippen molar-refractivity contribution in [3.05, 3.63) is 54.1 Å². The maximum Gasteiger partial charge on any atom is 0.295 e. The lowest BCUT2D eigenvalue weighted by Crippen LogP contribution is -2.51. The number of hydrogen-bond acceptors (Lipinski definition) is 8. The topological polar surface area (TPSA) is 139 Å². The molecule has 162 valence electrons. The number of tetrazole rings is 1. The molecule has 1 amide bonds. The Kier molecular flexibility index (Phi) is 4.73. The van der Waals surface area contributed by atoms with E-state index in [1.54, 1.807) is 4.68 Å². The molecule has 1 aliphatic heterocycles. The molecule has 0 unspecified atom stereocenters. The number of para-hydroxylation sites is 1. The van der Waals surface area contributed by atoms with E-state index in [1.807, 2.05) is 35.2 Å². The van der Waals surface area contributed by atoms with Crippen LogP contribution in [0.1, 0.15) is 10.4 Å². The van der Waals surface area contributed by atoms with E-state index in [-0.39, 0.29) is 22.3 Å². The zero-order valence-electron chi connectivity index (χ0n) is 16.8. The van der Waals surface area contributed by atoms with Gasteiger partial charge in [-0.3, -0.25) is 9.59 Å². The molecular weight excluding hydrogens is 417 g/mol. The number of nitrogen functional groups attached to an aromatic ring is 1. The Hall–Kier alpha value is -4.35. The van der Waals surface area contributed by atoms with E-state index in [0.29, 0.717) is 32.1 Å². The van der Waals surface area contributed by atoms with Crippen molar-refractivity contribution in [2.45, 2.75) is 0 Å². The minimum absolute atomic E-state index is 0.0310. The maximum atomic E-state index is 14.3. The minimum Gasteiger partial charge on any atom is -0.382 e. The van der Waals surface area contributed by atoms with Crippen molar-refractivity contribution >= 4 is 34.4 Å². The lowest BCUT2D eigenvalue weighted by atomic mass is 10.1. The zero-order chi connectivity index (χ0) is 22.2. The van der Waals surface area contributed by atoms with Gasteiger partial charge in [0.15, 0.2) is 5.82 Å². The number of ketones is 1. The predicted molar refractivity (Wildman–Crippen MR) is 113 cm³/mol. The minimum atomic E-state index is -0.802. The van der Waals surface area contributed by atoms with Gasteiger partial charge in [-0.15, -0.1) is 0 Å². The number of amides is 1. The second-order valence-corrected chi connectivity index (χ2v) is 7.28. The normalized spacial score (nSPS) is 14.2. The van der Waals surface area contributed by atoms with Gasteiger partial charge in [-0.25, -0.2) is 9.37 Å². The fourth-order valence-electron chi connectivity index (χ4n) is 3.79. The van der Waals surface area contributed by atoms with Crippen LogP contribution in [0.15, 0.2) is 42.7 Å². The first kappa shape index (κ1) is 19.6. The van der Waals surface area contributed by atoms with Gasteiger partial charge in [0.1, 0.15) is 5.82 Å². The third kappa shape index (κ3) is 3.21. The Balaban J connectivity index is 1.32. The summed E-state index contributed by atoms with van der Waals surface area (Å²) in [5, 5.41) is 11.9. The van der Waals surface area contributed by atoms with Crippen molar-refractivity contribution in [3.8, 4) is 5.69 Å². The number of anilines is 2. The SMILES string of the molecule is Nc1ncc(F)c2c(C(=O)C(=O)N3CCN(c4nnnn4-c4ccccc4)CC3)c[nH]c12. The Morgan fingerprint density at radius 3 is 2.59 bits per heavy atom. The molecule has 0 spiro atoms. The van der Waals surface area contributed by atoms with E-state index in [1.165, 1.54) is 11.1 Å². The van der Waals surface area contributed by atoms with Crippen LogP contribution in [-0.2, 0) is 4.79 Å². The number of aromatic nitrogens is 6. The van der Waals surface area contributed by atoms with Crippen LogP contribution in [0.3, 0.4) is 0 Å². The molecule has 0 aliphatic carbocycles. The summed E-state index contributed by atoms with van der Waals surface area (Å²) in [5.74, 6) is -1.62. The molecule has 1 saturated heterocycles. The number of H-pyrrole nitrogens is 1. The van der Waals surface area contributed by atoms with Gasteiger partial charge in [0, 0.05) is 32.4 Å². The van der Waals surface area contributed by atoms with Crippen LogP contribution >= 0.6 is 0 Å². The molecule has 1 aromatic carbocycles. The van der Waals surface area contributed by atoms with Crippen LogP contribution in [-0.4, -0.2) is 72.9 Å². The predicted octanol–water partition coefficient (Wildman–Crippen LogP) is 0.791. The van der Waals surface area contributed by atoms with Crippen LogP contribution in [0.25, 0.3) is 16.6 Å². The molecule has 11 nitrogen and oxygen atoms in total. The quantitative estimate of drug-likeness (QED) is 0.354. The van der Waals surface area contributed by atoms with Crippen LogP contribution < -0.4 is 10.6 Å². The van der Waals surface area contributed by atoms with Crippen LogP contribution in [0, 0.1) is 5.82 Å². The van der Waals surface area contributed by atoms with E-state index in [0.717, 1.165) is 11.9 Å². The Morgan fingerprint density at radius 2 is 1.84 bits per heavy atom. The number of pyridine rings is 1. The number of halogens is 1. The third-order valence-electron chi connectivity index (χ3n) is 5.43. The van der Waals surface area contributed by atoms with Crippen molar-refractivity contribution in [1.82, 2.24) is 35.1 Å². The van der Waals surface area contributed by atoms with Gasteiger partial charge >= 0.3 is 0 Å². The number of nitrogens with two attached hydrogens (primary N) is 1. The first-order chi connectivity index (χ1) is 15.5. The Bertz CT molecular complexity index is 1310. The van der Waals surface area contributed by atoms with E-state index in [9.17, 15) is 14.0 Å². The van der Waals surface area contributed by atoms with Gasteiger partial charge in [-0.2, -0.15) is 4.68 Å². The lowest BCUT2D eigenvalue weighted by molar-refractivity contribution is -0.126. The van der Waals surface area contributed by atoms with Gasteiger partial charge in [0.05, 0.1) is 28.4 Å². The summed E-state index contributed by atoms with van der Waals surface area (Å²) in [6.07, 6.45) is 2.22. The van der Waals surface area contributed by atoms with Crippen molar-refractivity contribution in [2.75, 3.05) is 36.8 Å². The van der Waals surface area contributed by atoms with Crippen molar-refractivity contribution in [1.29, 1.82) is 0 Å². The van der Waals surface area contributed by atoms with Gasteiger partial charge in [0.25, 0.3) is 11.7 Å². The fraction of sp³-hybridized carbons (Fsp3) is 0.200. The Labute approximate surface area is 180 Å². The highest BCUT2D eigenvalue weighted by Crippen LogP contribution is 2.26. The van der Waals surface area contributed by atoms with Gasteiger partial charge in [-0.1, -0.05) is 23.3 Å². The summed E-state index contributed by atoms with van der Waals surface area (Å²) >= 11 is 0. The molecule has 1 aliphatic rings. The van der Waals surface area contributed by atoms with Gasteiger partial charge < -0.3 is 20.5 Å². The summed E-state index contributed by atoms with van der Waals surface area (Å²) in [6.45, 7) is 1.46. The highest BCUT2D eigenvalue weighted by atomic mass is 19.1. The highest BCUT2D eigenvalue weighted by molar-refractivity contribution is 6.45. The average molecular weight is 435 g/mol. The van der Waals surface area contributed by atoms with E-state index >= 15 is 0 Å². The molecule has 0 radical (unpaired) electrons. The monoisotopic (exact) mass is 435 g/mol. The molecule has 0 saturated carbocycles. The molecule has 3 aromatic heterocycles. The molecule has 12 heteroatoms. The van der Waals surface area contributed by atoms with Gasteiger partial charge in [0.2, 0.25) is 5.95 Å². The molecule has 4 aromatic rings. The zero-order valence-corrected chi connectivity index (χ0v) is 16.8. The summed E-state index contributed by atoms with van der Waals surface area (Å²) in [6, 6.07) is 9.46. The number of nitrogens with zero attached hydrogens (tertiary/aromatic N) is 7. The average Bonchev–Trinajstić information content (AvgIpc) is 3.50. The van der Waals surface area contributed by atoms with Crippen LogP contribution in [0.2, 0.25) is 0 Å². The fourth-order valence-corrected chi connectivity index (χ4v) is 3.79. The molecular formula is C20H18FN9O2. The molecule has 0 atom stereocenters. The Morgan fingerprint density at radius 1 is 1.09 bits per heavy atom. The number of Topliss-reactive ketones (excluding diaryl/α,β-unsaturated/α-hetero) is 1. The number of nitrogens with one attached hydrogen (secondary N) is 1. The van der Waals surface area contributed by atoms with E-state index in [2.05, 4.69) is 25.5 Å². The molecule has 0 bridgehead atoms.